The summed E-state index contributed by atoms with van der Waals surface area (Å²) in [4.78, 5) is 11.6. The topological polar surface area (TPSA) is 26.3 Å². The molecule has 0 radical (unpaired) electrons. The predicted octanol–water partition coefficient (Wildman–Crippen LogP) is 4.42. The smallest absolute Gasteiger partial charge is 0.330 e. The van der Waals surface area contributed by atoms with Crippen molar-refractivity contribution >= 4 is 34.6 Å². The highest BCUT2D eigenvalue weighted by atomic mass is 127. The van der Waals surface area contributed by atoms with Crippen LogP contribution in [0, 0.1) is 0 Å². The van der Waals surface area contributed by atoms with Gasteiger partial charge < -0.3 is 4.74 Å². The van der Waals surface area contributed by atoms with Gasteiger partial charge in [-0.3, -0.25) is 0 Å². The molecule has 0 fully saturated rings. The Kier molecular flexibility index (Phi) is 5.80. The van der Waals surface area contributed by atoms with E-state index in [0.717, 1.165) is 11.1 Å². The van der Waals surface area contributed by atoms with Crippen LogP contribution in [0.4, 0.5) is 0 Å². The van der Waals surface area contributed by atoms with Crippen molar-refractivity contribution in [3.8, 4) is 0 Å². The highest BCUT2D eigenvalue weighted by Crippen LogP contribution is 2.23. The zero-order valence-electron chi connectivity index (χ0n) is 10.9. The second-order valence-corrected chi connectivity index (χ2v) is 5.76. The van der Waals surface area contributed by atoms with Crippen molar-refractivity contribution in [1.29, 1.82) is 0 Å². The maximum atomic E-state index is 11.6. The average Bonchev–Trinajstić information content (AvgIpc) is 2.52. The molecular weight excluding hydrogens is 363 g/mol. The largest absolute Gasteiger partial charge is 0.461 e. The molecule has 0 aromatic heterocycles. The summed E-state index contributed by atoms with van der Waals surface area (Å²) >= 11 is 2.28. The van der Waals surface area contributed by atoms with Crippen LogP contribution in [0.3, 0.4) is 0 Å². The lowest BCUT2D eigenvalue weighted by atomic mass is 10.2. The van der Waals surface area contributed by atoms with Crippen LogP contribution < -0.4 is 0 Å². The number of carbonyl (C=O) groups is 1. The number of ether oxygens (including phenoxy) is 1. The minimum absolute atomic E-state index is 0.169. The van der Waals surface area contributed by atoms with Crippen LogP contribution in [-0.2, 0) is 9.53 Å². The summed E-state index contributed by atoms with van der Waals surface area (Å²) in [5, 5.41) is 0. The van der Waals surface area contributed by atoms with Gasteiger partial charge in [-0.2, -0.15) is 0 Å². The number of esters is 1. The second-order valence-electron chi connectivity index (χ2n) is 4.25. The normalized spacial score (nSPS) is 12.2. The van der Waals surface area contributed by atoms with Gasteiger partial charge in [0, 0.05) is 6.08 Å². The van der Waals surface area contributed by atoms with Crippen LogP contribution in [0.1, 0.15) is 15.1 Å². The van der Waals surface area contributed by atoms with Crippen LogP contribution in [0.2, 0.25) is 0 Å². The Morgan fingerprint density at radius 3 is 2.30 bits per heavy atom. The van der Waals surface area contributed by atoms with E-state index in [1.54, 1.807) is 6.08 Å². The molecule has 0 aliphatic carbocycles. The molecule has 2 aromatic carbocycles. The van der Waals surface area contributed by atoms with Gasteiger partial charge in [-0.05, 0) is 17.2 Å². The van der Waals surface area contributed by atoms with Gasteiger partial charge in [0.1, 0.15) is 6.61 Å². The first-order chi connectivity index (χ1) is 9.75. The standard InChI is InChI=1S/C17H15IO2/c18-16(15-9-5-2-6-10-15)13-20-17(19)12-11-14-7-3-1-4-8-14/h1-12,16H,13H2/b12-11+. The summed E-state index contributed by atoms with van der Waals surface area (Å²) in [6.45, 7) is 0.378. The lowest BCUT2D eigenvalue weighted by Crippen LogP contribution is -2.06. The first-order valence-corrected chi connectivity index (χ1v) is 7.59. The van der Waals surface area contributed by atoms with Crippen molar-refractivity contribution in [3.63, 3.8) is 0 Å². The van der Waals surface area contributed by atoms with Crippen molar-refractivity contribution in [2.75, 3.05) is 6.61 Å². The van der Waals surface area contributed by atoms with E-state index < -0.39 is 0 Å². The number of carbonyl (C=O) groups excluding carboxylic acids is 1. The number of hydrogen-bond donors (Lipinski definition) is 0. The van der Waals surface area contributed by atoms with Gasteiger partial charge in [0.2, 0.25) is 0 Å². The molecule has 0 amide bonds. The van der Waals surface area contributed by atoms with Crippen LogP contribution in [0.25, 0.3) is 6.08 Å². The second kappa shape index (κ2) is 7.85. The summed E-state index contributed by atoms with van der Waals surface area (Å²) in [5.41, 5.74) is 2.14. The summed E-state index contributed by atoms with van der Waals surface area (Å²) in [6.07, 6.45) is 3.22. The molecule has 0 heterocycles. The zero-order chi connectivity index (χ0) is 14.2. The molecule has 0 aliphatic heterocycles. The Balaban J connectivity index is 1.82. The monoisotopic (exact) mass is 378 g/mol. The lowest BCUT2D eigenvalue weighted by Gasteiger charge is -2.09. The van der Waals surface area contributed by atoms with E-state index in [2.05, 4.69) is 22.6 Å². The van der Waals surface area contributed by atoms with Gasteiger partial charge in [0.15, 0.2) is 0 Å². The molecular formula is C17H15IO2. The quantitative estimate of drug-likeness (QED) is 0.333. The molecule has 2 aromatic rings. The molecule has 2 nitrogen and oxygen atoms in total. The fraction of sp³-hybridized carbons (Fsp3) is 0.118. The van der Waals surface area contributed by atoms with Crippen molar-refractivity contribution in [2.45, 2.75) is 3.92 Å². The summed E-state index contributed by atoms with van der Waals surface area (Å²) < 4.78 is 5.42. The third-order valence-corrected chi connectivity index (χ3v) is 3.82. The third-order valence-electron chi connectivity index (χ3n) is 2.74. The van der Waals surface area contributed by atoms with E-state index in [4.69, 9.17) is 4.74 Å². The minimum Gasteiger partial charge on any atom is -0.461 e. The zero-order valence-corrected chi connectivity index (χ0v) is 13.1. The molecule has 20 heavy (non-hydrogen) atoms. The van der Waals surface area contributed by atoms with Crippen molar-refractivity contribution in [3.05, 3.63) is 77.9 Å². The van der Waals surface area contributed by atoms with Gasteiger partial charge in [-0.1, -0.05) is 83.3 Å². The lowest BCUT2D eigenvalue weighted by molar-refractivity contribution is -0.137. The van der Waals surface area contributed by atoms with E-state index in [1.165, 1.54) is 6.08 Å². The van der Waals surface area contributed by atoms with Crippen molar-refractivity contribution in [2.24, 2.45) is 0 Å². The van der Waals surface area contributed by atoms with Crippen LogP contribution in [0.5, 0.6) is 0 Å². The van der Waals surface area contributed by atoms with Gasteiger partial charge in [-0.15, -0.1) is 0 Å². The van der Waals surface area contributed by atoms with Crippen LogP contribution in [0.15, 0.2) is 66.7 Å². The molecule has 0 bridgehead atoms. The fourth-order valence-corrected chi connectivity index (χ4v) is 2.28. The Hall–Kier alpha value is -1.62. The number of benzene rings is 2. The molecule has 0 aliphatic rings. The molecule has 0 saturated carbocycles. The number of rotatable bonds is 5. The molecule has 0 N–H and O–H groups in total. The molecule has 1 atom stereocenters. The molecule has 0 saturated heterocycles. The SMILES string of the molecule is O=C(/C=C/c1ccccc1)OCC(I)c1ccccc1. The number of halogens is 1. The Bertz CT molecular complexity index is 564. The molecule has 1 unspecified atom stereocenters. The predicted molar refractivity (Wildman–Crippen MR) is 89.6 cm³/mol. The number of hydrogen-bond acceptors (Lipinski definition) is 2. The van der Waals surface area contributed by atoms with E-state index in [-0.39, 0.29) is 9.89 Å². The van der Waals surface area contributed by atoms with Gasteiger partial charge in [0.25, 0.3) is 0 Å². The Morgan fingerprint density at radius 2 is 1.65 bits per heavy atom. The van der Waals surface area contributed by atoms with Crippen LogP contribution >= 0.6 is 22.6 Å². The van der Waals surface area contributed by atoms with Crippen molar-refractivity contribution < 1.29 is 9.53 Å². The molecule has 3 heteroatoms. The van der Waals surface area contributed by atoms with E-state index in [1.807, 2.05) is 60.7 Å². The molecule has 102 valence electrons. The van der Waals surface area contributed by atoms with Crippen LogP contribution in [-0.4, -0.2) is 12.6 Å². The highest BCUT2D eigenvalue weighted by Gasteiger charge is 2.08. The summed E-state index contributed by atoms with van der Waals surface area (Å²) in [5.74, 6) is -0.313. The third kappa shape index (κ3) is 4.81. The number of alkyl halides is 1. The summed E-state index contributed by atoms with van der Waals surface area (Å²) in [6, 6.07) is 19.7. The summed E-state index contributed by atoms with van der Waals surface area (Å²) in [7, 11) is 0. The Morgan fingerprint density at radius 1 is 1.05 bits per heavy atom. The van der Waals surface area contributed by atoms with E-state index in [0.29, 0.717) is 6.61 Å². The first-order valence-electron chi connectivity index (χ1n) is 6.34. The van der Waals surface area contributed by atoms with Crippen molar-refractivity contribution in [1.82, 2.24) is 0 Å². The minimum atomic E-state index is -0.313. The van der Waals surface area contributed by atoms with E-state index in [9.17, 15) is 4.79 Å². The van der Waals surface area contributed by atoms with Gasteiger partial charge in [0.05, 0.1) is 3.92 Å². The Labute approximate surface area is 132 Å². The highest BCUT2D eigenvalue weighted by molar-refractivity contribution is 14.1. The van der Waals surface area contributed by atoms with Gasteiger partial charge in [-0.25, -0.2) is 4.79 Å². The maximum absolute atomic E-state index is 11.6. The van der Waals surface area contributed by atoms with E-state index >= 15 is 0 Å². The first kappa shape index (κ1) is 14.8. The van der Waals surface area contributed by atoms with Gasteiger partial charge >= 0.3 is 5.97 Å². The fourth-order valence-electron chi connectivity index (χ4n) is 1.69. The molecule has 2 rings (SSSR count). The average molecular weight is 378 g/mol. The molecule has 0 spiro atoms. The maximum Gasteiger partial charge on any atom is 0.330 e.